The number of benzene rings is 2. The fourth-order valence-corrected chi connectivity index (χ4v) is 3.52. The van der Waals surface area contributed by atoms with Crippen molar-refractivity contribution >= 4 is 32.5 Å². The highest BCUT2D eigenvalue weighted by Crippen LogP contribution is 2.31. The van der Waals surface area contributed by atoms with Crippen LogP contribution in [0.4, 0.5) is 18.9 Å². The first-order valence-corrected chi connectivity index (χ1v) is 9.58. The van der Waals surface area contributed by atoms with Gasteiger partial charge in [0.2, 0.25) is 11.7 Å². The fraction of sp³-hybridized carbons (Fsp3) is 0.176. The van der Waals surface area contributed by atoms with Gasteiger partial charge in [-0.05, 0) is 24.3 Å². The molecule has 0 unspecified atom stereocenters. The molecule has 0 aliphatic carbocycles. The molecule has 0 atom stereocenters. The van der Waals surface area contributed by atoms with Crippen LogP contribution in [0, 0.1) is 0 Å². The van der Waals surface area contributed by atoms with Crippen LogP contribution in [0.3, 0.4) is 0 Å². The van der Waals surface area contributed by atoms with Crippen molar-refractivity contribution < 1.29 is 26.4 Å². The first-order valence-electron chi connectivity index (χ1n) is 7.69. The number of imidazole rings is 1. The summed E-state index contributed by atoms with van der Waals surface area (Å²) >= 11 is 0. The normalized spacial score (nSPS) is 12.3. The Bertz CT molecular complexity index is 1120. The Balaban J connectivity index is 1.96. The monoisotopic (exact) mass is 397 g/mol. The van der Waals surface area contributed by atoms with E-state index in [2.05, 4.69) is 10.3 Å². The standard InChI is InChI=1S/C17H14F3N3O3S/c1-27(25,26)14-9-5-3-7-12(14)21-15(24)10-23-13-8-4-2-6-11(13)22-16(23)17(18,19)20/h2-9H,10H2,1H3,(H,21,24). The maximum absolute atomic E-state index is 13.3. The first kappa shape index (κ1) is 18.9. The van der Waals surface area contributed by atoms with Gasteiger partial charge in [0.25, 0.3) is 0 Å². The Morgan fingerprint density at radius 1 is 1.11 bits per heavy atom. The summed E-state index contributed by atoms with van der Waals surface area (Å²) in [6.07, 6.45) is -3.77. The lowest BCUT2D eigenvalue weighted by Gasteiger charge is -2.13. The Morgan fingerprint density at radius 2 is 1.74 bits per heavy atom. The van der Waals surface area contributed by atoms with Crippen molar-refractivity contribution in [2.75, 3.05) is 11.6 Å². The number of alkyl halides is 3. The lowest BCUT2D eigenvalue weighted by atomic mass is 10.3. The summed E-state index contributed by atoms with van der Waals surface area (Å²) in [5, 5.41) is 2.36. The van der Waals surface area contributed by atoms with E-state index in [1.165, 1.54) is 42.5 Å². The lowest BCUT2D eigenvalue weighted by Crippen LogP contribution is -2.24. The minimum Gasteiger partial charge on any atom is -0.323 e. The van der Waals surface area contributed by atoms with Gasteiger partial charge in [0, 0.05) is 6.26 Å². The van der Waals surface area contributed by atoms with Crippen molar-refractivity contribution in [3.05, 3.63) is 54.4 Å². The summed E-state index contributed by atoms with van der Waals surface area (Å²) in [4.78, 5) is 15.8. The molecule has 1 aromatic heterocycles. The third-order valence-electron chi connectivity index (χ3n) is 3.77. The van der Waals surface area contributed by atoms with Crippen molar-refractivity contribution in [1.82, 2.24) is 9.55 Å². The Morgan fingerprint density at radius 3 is 2.41 bits per heavy atom. The molecule has 0 saturated carbocycles. The topological polar surface area (TPSA) is 81.1 Å². The van der Waals surface area contributed by atoms with Crippen LogP contribution in [-0.4, -0.2) is 30.1 Å². The van der Waals surface area contributed by atoms with E-state index in [0.717, 1.165) is 10.8 Å². The summed E-state index contributed by atoms with van der Waals surface area (Å²) < 4.78 is 64.2. The number of nitrogens with zero attached hydrogens (tertiary/aromatic N) is 2. The van der Waals surface area contributed by atoms with Crippen LogP contribution in [-0.2, 0) is 27.4 Å². The van der Waals surface area contributed by atoms with Crippen molar-refractivity contribution in [2.45, 2.75) is 17.6 Å². The molecule has 3 rings (SSSR count). The Kier molecular flexibility index (Phi) is 4.68. The second kappa shape index (κ2) is 6.69. The molecule has 1 N–H and O–H groups in total. The number of nitrogens with one attached hydrogen (secondary N) is 1. The summed E-state index contributed by atoms with van der Waals surface area (Å²) in [5.74, 6) is -2.00. The third-order valence-corrected chi connectivity index (χ3v) is 4.93. The average Bonchev–Trinajstić information content (AvgIpc) is 2.93. The molecular weight excluding hydrogens is 383 g/mol. The van der Waals surface area contributed by atoms with Crippen LogP contribution in [0.5, 0.6) is 0 Å². The molecule has 27 heavy (non-hydrogen) atoms. The SMILES string of the molecule is CS(=O)(=O)c1ccccc1NC(=O)Cn1c(C(F)(F)F)nc2ccccc21. The summed E-state index contributed by atoms with van der Waals surface area (Å²) in [7, 11) is -3.62. The molecule has 1 heterocycles. The van der Waals surface area contributed by atoms with Crippen molar-refractivity contribution in [3.63, 3.8) is 0 Å². The van der Waals surface area contributed by atoms with Crippen LogP contribution in [0.1, 0.15) is 5.82 Å². The fourth-order valence-electron chi connectivity index (χ4n) is 2.68. The smallest absolute Gasteiger partial charge is 0.323 e. The number of sulfone groups is 1. The molecule has 1 amide bonds. The zero-order valence-corrected chi connectivity index (χ0v) is 14.8. The van der Waals surface area contributed by atoms with E-state index >= 15 is 0 Å². The van der Waals surface area contributed by atoms with Gasteiger partial charge >= 0.3 is 6.18 Å². The highest BCUT2D eigenvalue weighted by molar-refractivity contribution is 7.90. The zero-order valence-electron chi connectivity index (χ0n) is 14.0. The number of carbonyl (C=O) groups excluding carboxylic acids is 1. The number of para-hydroxylation sites is 3. The van der Waals surface area contributed by atoms with Gasteiger partial charge in [-0.25, -0.2) is 13.4 Å². The van der Waals surface area contributed by atoms with E-state index in [-0.39, 0.29) is 21.6 Å². The Labute approximate surface area is 152 Å². The molecule has 0 aliphatic rings. The van der Waals surface area contributed by atoms with E-state index in [1.807, 2.05) is 0 Å². The highest BCUT2D eigenvalue weighted by atomic mass is 32.2. The second-order valence-corrected chi connectivity index (χ2v) is 7.81. The number of aromatic nitrogens is 2. The number of rotatable bonds is 4. The first-order chi connectivity index (χ1) is 12.6. The number of anilines is 1. The van der Waals surface area contributed by atoms with E-state index < -0.39 is 34.3 Å². The average molecular weight is 397 g/mol. The predicted molar refractivity (Wildman–Crippen MR) is 92.9 cm³/mol. The molecule has 3 aromatic rings. The van der Waals surface area contributed by atoms with Gasteiger partial charge in [-0.2, -0.15) is 13.2 Å². The molecule has 0 aliphatic heterocycles. The van der Waals surface area contributed by atoms with Gasteiger partial charge in [0.15, 0.2) is 9.84 Å². The van der Waals surface area contributed by atoms with Crippen LogP contribution < -0.4 is 5.32 Å². The Hall–Kier alpha value is -2.88. The van der Waals surface area contributed by atoms with E-state index in [0.29, 0.717) is 0 Å². The van der Waals surface area contributed by atoms with Gasteiger partial charge in [-0.15, -0.1) is 0 Å². The minimum atomic E-state index is -4.75. The van der Waals surface area contributed by atoms with Gasteiger partial charge in [-0.1, -0.05) is 24.3 Å². The number of halogens is 3. The van der Waals surface area contributed by atoms with Crippen LogP contribution in [0.2, 0.25) is 0 Å². The number of fused-ring (bicyclic) bond motifs is 1. The molecule has 6 nitrogen and oxygen atoms in total. The second-order valence-electron chi connectivity index (χ2n) is 5.82. The predicted octanol–water partition coefficient (Wildman–Crippen LogP) is 3.10. The van der Waals surface area contributed by atoms with Gasteiger partial charge in [0.1, 0.15) is 6.54 Å². The number of hydrogen-bond donors (Lipinski definition) is 1. The van der Waals surface area contributed by atoms with Crippen molar-refractivity contribution in [3.8, 4) is 0 Å². The molecule has 10 heteroatoms. The summed E-state index contributed by atoms with van der Waals surface area (Å²) in [6.45, 7) is -0.673. The third kappa shape index (κ3) is 3.95. The van der Waals surface area contributed by atoms with Crippen molar-refractivity contribution in [1.29, 1.82) is 0 Å². The van der Waals surface area contributed by atoms with Crippen LogP contribution in [0.15, 0.2) is 53.4 Å². The van der Waals surface area contributed by atoms with E-state index in [1.54, 1.807) is 6.07 Å². The van der Waals surface area contributed by atoms with E-state index in [4.69, 9.17) is 0 Å². The molecule has 0 bridgehead atoms. The van der Waals surface area contributed by atoms with Crippen LogP contribution in [0.25, 0.3) is 11.0 Å². The van der Waals surface area contributed by atoms with Crippen LogP contribution >= 0.6 is 0 Å². The number of carbonyl (C=O) groups is 1. The molecule has 0 fully saturated rings. The molecule has 0 spiro atoms. The van der Waals surface area contributed by atoms with Gasteiger partial charge in [-0.3, -0.25) is 4.79 Å². The lowest BCUT2D eigenvalue weighted by molar-refractivity contribution is -0.147. The molecular formula is C17H14F3N3O3S. The van der Waals surface area contributed by atoms with Gasteiger partial charge < -0.3 is 9.88 Å². The number of amides is 1. The molecule has 0 saturated heterocycles. The summed E-state index contributed by atoms with van der Waals surface area (Å²) in [6, 6.07) is 11.6. The van der Waals surface area contributed by atoms with Crippen molar-refractivity contribution in [2.24, 2.45) is 0 Å². The number of hydrogen-bond acceptors (Lipinski definition) is 4. The largest absolute Gasteiger partial charge is 0.449 e. The highest BCUT2D eigenvalue weighted by Gasteiger charge is 2.38. The minimum absolute atomic E-state index is 0.00276. The maximum atomic E-state index is 13.3. The molecule has 142 valence electrons. The quantitative estimate of drug-likeness (QED) is 0.734. The zero-order chi connectivity index (χ0) is 19.8. The molecule has 2 aromatic carbocycles. The van der Waals surface area contributed by atoms with E-state index in [9.17, 15) is 26.4 Å². The maximum Gasteiger partial charge on any atom is 0.449 e. The summed E-state index contributed by atoms with van der Waals surface area (Å²) in [5.41, 5.74) is 0.258. The molecule has 0 radical (unpaired) electrons. The van der Waals surface area contributed by atoms with Gasteiger partial charge in [0.05, 0.1) is 21.6 Å².